The van der Waals surface area contributed by atoms with E-state index in [1.165, 1.54) is 0 Å². The SMILES string of the molecule is Cc1cc2ccccc2nc1C(=O)NC(C(=O)NCC(=O)NC(C=O)CC1CCNC1=O)C(C)C. The summed E-state index contributed by atoms with van der Waals surface area (Å²) in [7, 11) is 0. The van der Waals surface area contributed by atoms with Crippen molar-refractivity contribution >= 4 is 40.8 Å². The van der Waals surface area contributed by atoms with Gasteiger partial charge in [0.25, 0.3) is 5.91 Å². The van der Waals surface area contributed by atoms with Crippen LogP contribution in [0.2, 0.25) is 0 Å². The van der Waals surface area contributed by atoms with Crippen LogP contribution in [0.3, 0.4) is 0 Å². The van der Waals surface area contributed by atoms with Gasteiger partial charge in [0.1, 0.15) is 18.0 Å². The molecule has 1 aliphatic heterocycles. The van der Waals surface area contributed by atoms with E-state index in [1.54, 1.807) is 20.8 Å². The summed E-state index contributed by atoms with van der Waals surface area (Å²) in [6, 6.07) is 7.58. The van der Waals surface area contributed by atoms with Gasteiger partial charge in [0.2, 0.25) is 17.7 Å². The second kappa shape index (κ2) is 11.5. The first-order valence-corrected chi connectivity index (χ1v) is 11.7. The molecule has 1 aliphatic rings. The maximum Gasteiger partial charge on any atom is 0.270 e. The molecule has 0 spiro atoms. The van der Waals surface area contributed by atoms with Crippen molar-refractivity contribution in [1.29, 1.82) is 0 Å². The van der Waals surface area contributed by atoms with Gasteiger partial charge in [-0.15, -0.1) is 0 Å². The zero-order chi connectivity index (χ0) is 25.5. The van der Waals surface area contributed by atoms with Gasteiger partial charge in [-0.1, -0.05) is 32.0 Å². The number of aldehydes is 1. The Hall–Kier alpha value is -3.82. The van der Waals surface area contributed by atoms with E-state index in [0.29, 0.717) is 30.3 Å². The van der Waals surface area contributed by atoms with Crippen LogP contribution in [-0.2, 0) is 19.2 Å². The van der Waals surface area contributed by atoms with E-state index in [2.05, 4.69) is 26.3 Å². The summed E-state index contributed by atoms with van der Waals surface area (Å²) in [5, 5.41) is 11.4. The number of fused-ring (bicyclic) bond motifs is 1. The van der Waals surface area contributed by atoms with Gasteiger partial charge >= 0.3 is 0 Å². The molecule has 1 saturated heterocycles. The van der Waals surface area contributed by atoms with E-state index in [-0.39, 0.29) is 36.4 Å². The molecule has 3 rings (SSSR count). The Kier molecular flexibility index (Phi) is 8.51. The average molecular weight is 482 g/mol. The minimum Gasteiger partial charge on any atom is -0.356 e. The average Bonchev–Trinajstić information content (AvgIpc) is 3.23. The minimum atomic E-state index is -0.896. The fourth-order valence-corrected chi connectivity index (χ4v) is 4.06. The monoisotopic (exact) mass is 481 g/mol. The summed E-state index contributed by atoms with van der Waals surface area (Å²) in [5.74, 6) is -2.29. The Labute approximate surface area is 203 Å². The molecule has 10 heteroatoms. The highest BCUT2D eigenvalue weighted by Gasteiger charge is 2.29. The predicted octanol–water partition coefficient (Wildman–Crippen LogP) is 0.624. The van der Waals surface area contributed by atoms with Crippen molar-refractivity contribution in [2.24, 2.45) is 11.8 Å². The van der Waals surface area contributed by atoms with Gasteiger partial charge in [0.15, 0.2) is 0 Å². The van der Waals surface area contributed by atoms with Gasteiger partial charge in [-0.2, -0.15) is 0 Å². The van der Waals surface area contributed by atoms with Crippen LogP contribution in [0.1, 0.15) is 42.7 Å². The van der Waals surface area contributed by atoms with Crippen molar-refractivity contribution in [3.63, 3.8) is 0 Å². The van der Waals surface area contributed by atoms with E-state index in [1.807, 2.05) is 30.3 Å². The molecule has 1 fully saturated rings. The van der Waals surface area contributed by atoms with Gasteiger partial charge in [-0.05, 0) is 43.4 Å². The molecule has 0 radical (unpaired) electrons. The molecule has 2 heterocycles. The smallest absolute Gasteiger partial charge is 0.270 e. The molecule has 10 nitrogen and oxygen atoms in total. The summed E-state index contributed by atoms with van der Waals surface area (Å²) in [6.45, 7) is 5.52. The maximum atomic E-state index is 12.9. The van der Waals surface area contributed by atoms with E-state index in [4.69, 9.17) is 0 Å². The molecule has 3 unspecified atom stereocenters. The second-order valence-corrected chi connectivity index (χ2v) is 9.08. The highest BCUT2D eigenvalue weighted by molar-refractivity contribution is 5.99. The van der Waals surface area contributed by atoms with Crippen molar-refractivity contribution < 1.29 is 24.0 Å². The number of amides is 4. The third kappa shape index (κ3) is 6.62. The number of aromatic nitrogens is 1. The first-order chi connectivity index (χ1) is 16.7. The number of rotatable bonds is 10. The lowest BCUT2D eigenvalue weighted by Crippen LogP contribution is -2.52. The third-order valence-electron chi connectivity index (χ3n) is 6.00. The Morgan fingerprint density at radius 1 is 1.20 bits per heavy atom. The number of hydrogen-bond acceptors (Lipinski definition) is 6. The quantitative estimate of drug-likeness (QED) is 0.366. The van der Waals surface area contributed by atoms with E-state index < -0.39 is 29.8 Å². The molecule has 0 aliphatic carbocycles. The van der Waals surface area contributed by atoms with Gasteiger partial charge in [0.05, 0.1) is 18.1 Å². The summed E-state index contributed by atoms with van der Waals surface area (Å²) >= 11 is 0. The lowest BCUT2D eigenvalue weighted by molar-refractivity contribution is -0.128. The van der Waals surface area contributed by atoms with Crippen LogP contribution in [0.25, 0.3) is 10.9 Å². The summed E-state index contributed by atoms with van der Waals surface area (Å²) in [6.07, 6.45) is 1.40. The van der Waals surface area contributed by atoms with E-state index in [9.17, 15) is 24.0 Å². The van der Waals surface area contributed by atoms with Crippen molar-refractivity contribution in [1.82, 2.24) is 26.3 Å². The Bertz CT molecular complexity index is 1130. The van der Waals surface area contributed by atoms with Crippen molar-refractivity contribution in [2.75, 3.05) is 13.1 Å². The zero-order valence-electron chi connectivity index (χ0n) is 20.1. The summed E-state index contributed by atoms with van der Waals surface area (Å²) < 4.78 is 0. The van der Waals surface area contributed by atoms with Crippen LogP contribution in [-0.4, -0.2) is 60.1 Å². The van der Waals surface area contributed by atoms with Crippen molar-refractivity contribution in [2.45, 2.75) is 45.7 Å². The lowest BCUT2D eigenvalue weighted by atomic mass is 9.99. The number of nitrogens with zero attached hydrogens (tertiary/aromatic N) is 1. The van der Waals surface area contributed by atoms with Crippen LogP contribution < -0.4 is 21.3 Å². The topological polar surface area (TPSA) is 146 Å². The Balaban J connectivity index is 1.57. The predicted molar refractivity (Wildman–Crippen MR) is 129 cm³/mol. The number of nitrogens with one attached hydrogen (secondary N) is 4. The maximum absolute atomic E-state index is 12.9. The molecule has 35 heavy (non-hydrogen) atoms. The highest BCUT2D eigenvalue weighted by atomic mass is 16.2. The molecule has 3 atom stereocenters. The van der Waals surface area contributed by atoms with Crippen LogP contribution in [0.4, 0.5) is 0 Å². The number of benzene rings is 1. The molecule has 1 aromatic carbocycles. The molecular weight excluding hydrogens is 450 g/mol. The molecule has 0 saturated carbocycles. The molecule has 4 amide bonds. The zero-order valence-corrected chi connectivity index (χ0v) is 20.1. The lowest BCUT2D eigenvalue weighted by Gasteiger charge is -2.22. The first kappa shape index (κ1) is 25.8. The molecular formula is C25H31N5O5. The number of aryl methyl sites for hydroxylation is 1. The van der Waals surface area contributed by atoms with Gasteiger partial charge in [0, 0.05) is 17.8 Å². The fraction of sp³-hybridized carbons (Fsp3) is 0.440. The number of carbonyl (C=O) groups excluding carboxylic acids is 5. The highest BCUT2D eigenvalue weighted by Crippen LogP contribution is 2.17. The molecule has 1 aromatic heterocycles. The van der Waals surface area contributed by atoms with E-state index in [0.717, 1.165) is 5.39 Å². The van der Waals surface area contributed by atoms with Gasteiger partial charge in [-0.3, -0.25) is 19.2 Å². The van der Waals surface area contributed by atoms with Crippen molar-refractivity contribution in [3.05, 3.63) is 41.6 Å². The number of pyridine rings is 1. The fourth-order valence-electron chi connectivity index (χ4n) is 4.06. The second-order valence-electron chi connectivity index (χ2n) is 9.08. The van der Waals surface area contributed by atoms with Crippen LogP contribution in [0, 0.1) is 18.8 Å². The Morgan fingerprint density at radius 2 is 1.94 bits per heavy atom. The largest absolute Gasteiger partial charge is 0.356 e. The normalized spacial score (nSPS) is 16.9. The molecule has 4 N–H and O–H groups in total. The molecule has 2 aromatic rings. The minimum absolute atomic E-state index is 0.133. The van der Waals surface area contributed by atoms with Crippen molar-refractivity contribution in [3.8, 4) is 0 Å². The van der Waals surface area contributed by atoms with Gasteiger partial charge < -0.3 is 26.1 Å². The number of hydrogen-bond donors (Lipinski definition) is 4. The first-order valence-electron chi connectivity index (χ1n) is 11.7. The van der Waals surface area contributed by atoms with Crippen LogP contribution >= 0.6 is 0 Å². The summed E-state index contributed by atoms with van der Waals surface area (Å²) in [5.41, 5.74) is 1.58. The number of para-hydroxylation sites is 1. The number of carbonyl (C=O) groups is 5. The van der Waals surface area contributed by atoms with Crippen LogP contribution in [0.5, 0.6) is 0 Å². The molecule has 0 bridgehead atoms. The third-order valence-corrected chi connectivity index (χ3v) is 6.00. The Morgan fingerprint density at radius 3 is 2.60 bits per heavy atom. The van der Waals surface area contributed by atoms with E-state index >= 15 is 0 Å². The van der Waals surface area contributed by atoms with Crippen LogP contribution in [0.15, 0.2) is 30.3 Å². The van der Waals surface area contributed by atoms with Gasteiger partial charge in [-0.25, -0.2) is 4.98 Å². The molecule has 186 valence electrons. The summed E-state index contributed by atoms with van der Waals surface area (Å²) in [4.78, 5) is 65.5. The standard InChI is InChI=1S/C25H31N5O5/c1-14(2)21(30-25(35)22-15(3)10-16-6-4-5-7-19(16)29-22)24(34)27-12-20(32)28-18(13-31)11-17-8-9-26-23(17)33/h4-7,10,13-14,17-18,21H,8-9,11-12H2,1-3H3,(H,26,33)(H,27,34)(H,28,32)(H,30,35).